The number of nitrogens with zero attached hydrogens (tertiary/aromatic N) is 3. The van der Waals surface area contributed by atoms with Gasteiger partial charge in [-0.2, -0.15) is 4.37 Å². The van der Waals surface area contributed by atoms with Crippen LogP contribution in [0.5, 0.6) is 0 Å². The van der Waals surface area contributed by atoms with Gasteiger partial charge in [-0.1, -0.05) is 11.6 Å². The van der Waals surface area contributed by atoms with Crippen LogP contribution in [0.3, 0.4) is 0 Å². The minimum atomic E-state index is -1.25. The van der Waals surface area contributed by atoms with E-state index in [2.05, 4.69) is 14.7 Å². The Balaban J connectivity index is 1.66. The number of aromatic nitrogens is 2. The molecule has 0 aromatic carbocycles. The molecule has 0 unspecified atom stereocenters. The first-order chi connectivity index (χ1) is 10.9. The lowest BCUT2D eigenvalue weighted by atomic mass is 10.0. The maximum atomic E-state index is 12.2. The monoisotopic (exact) mass is 374 g/mol. The summed E-state index contributed by atoms with van der Waals surface area (Å²) in [5.74, 6) is -1.41. The zero-order valence-corrected chi connectivity index (χ0v) is 14.2. The van der Waals surface area contributed by atoms with Gasteiger partial charge >= 0.3 is 5.97 Å². The summed E-state index contributed by atoms with van der Waals surface area (Å²) in [5, 5.41) is 12.2. The fourth-order valence-electron chi connectivity index (χ4n) is 2.36. The summed E-state index contributed by atoms with van der Waals surface area (Å²) in [4.78, 5) is 40.6. The molecule has 8 nitrogen and oxygen atoms in total. The quantitative estimate of drug-likeness (QED) is 0.730. The van der Waals surface area contributed by atoms with E-state index in [0.29, 0.717) is 5.82 Å². The van der Waals surface area contributed by atoms with Gasteiger partial charge in [0.25, 0.3) is 5.91 Å². The molecule has 0 saturated carbocycles. The van der Waals surface area contributed by atoms with Crippen LogP contribution in [-0.4, -0.2) is 54.3 Å². The summed E-state index contributed by atoms with van der Waals surface area (Å²) in [7, 11) is 0. The second-order valence-electron chi connectivity index (χ2n) is 4.92. The standard InChI is InChI=1S/C12H11ClN4O4S2/c1-4-14-6(16-23-4)2-7(18)15-8-10(19)17-9(12(20)21)5(13)3-22-11(8)17/h8,11H,2-3H2,1H3,(H,15,18)(H,20,21)/t8-,11-/m1/s1. The number of fused-ring (bicyclic) bond motifs is 1. The number of hydrogen-bond acceptors (Lipinski definition) is 7. The molecule has 3 rings (SSSR count). The largest absolute Gasteiger partial charge is 0.477 e. The van der Waals surface area contributed by atoms with Gasteiger partial charge in [-0.05, 0) is 18.5 Å². The Labute approximate surface area is 144 Å². The van der Waals surface area contributed by atoms with E-state index in [1.54, 1.807) is 6.92 Å². The van der Waals surface area contributed by atoms with Crippen LogP contribution in [0.1, 0.15) is 10.8 Å². The molecule has 2 aliphatic heterocycles. The maximum absolute atomic E-state index is 12.2. The molecule has 1 aromatic heterocycles. The number of carbonyl (C=O) groups is 3. The molecule has 0 aliphatic carbocycles. The van der Waals surface area contributed by atoms with Crippen LogP contribution in [-0.2, 0) is 20.8 Å². The van der Waals surface area contributed by atoms with E-state index >= 15 is 0 Å². The third-order valence-corrected chi connectivity index (χ3v) is 5.74. The van der Waals surface area contributed by atoms with E-state index in [1.807, 2.05) is 0 Å². The summed E-state index contributed by atoms with van der Waals surface area (Å²) in [6.45, 7) is 1.79. The van der Waals surface area contributed by atoms with Gasteiger partial charge in [0.15, 0.2) is 5.82 Å². The van der Waals surface area contributed by atoms with Crippen LogP contribution in [0.4, 0.5) is 0 Å². The van der Waals surface area contributed by atoms with Crippen LogP contribution < -0.4 is 5.32 Å². The van der Waals surface area contributed by atoms with E-state index < -0.39 is 23.3 Å². The van der Waals surface area contributed by atoms with Gasteiger partial charge < -0.3 is 10.4 Å². The molecule has 2 N–H and O–H groups in total. The molecule has 0 spiro atoms. The van der Waals surface area contributed by atoms with Crippen molar-refractivity contribution in [3.05, 3.63) is 21.6 Å². The molecule has 0 radical (unpaired) electrons. The van der Waals surface area contributed by atoms with Crippen molar-refractivity contribution in [2.75, 3.05) is 5.75 Å². The van der Waals surface area contributed by atoms with Crippen molar-refractivity contribution >= 4 is 52.7 Å². The molecule has 1 fully saturated rings. The number of aryl methyl sites for hydroxylation is 1. The number of aliphatic carboxylic acids is 1. The second kappa shape index (κ2) is 6.10. The van der Waals surface area contributed by atoms with Gasteiger partial charge in [0.1, 0.15) is 22.1 Å². The highest BCUT2D eigenvalue weighted by atomic mass is 35.5. The Morgan fingerprint density at radius 3 is 2.87 bits per heavy atom. The van der Waals surface area contributed by atoms with Crippen LogP contribution >= 0.6 is 34.9 Å². The molecule has 3 heterocycles. The van der Waals surface area contributed by atoms with Crippen molar-refractivity contribution in [1.29, 1.82) is 0 Å². The van der Waals surface area contributed by atoms with Crippen molar-refractivity contribution in [1.82, 2.24) is 19.6 Å². The zero-order chi connectivity index (χ0) is 16.7. The second-order valence-corrected chi connectivity index (χ2v) is 7.44. The van der Waals surface area contributed by atoms with Gasteiger partial charge in [-0.25, -0.2) is 9.78 Å². The molecule has 1 aromatic rings. The van der Waals surface area contributed by atoms with Crippen molar-refractivity contribution in [2.45, 2.75) is 24.8 Å². The number of carbonyl (C=O) groups excluding carboxylic acids is 2. The number of amides is 2. The number of halogens is 1. The molecule has 23 heavy (non-hydrogen) atoms. The number of carboxylic acid groups (broad SMARTS) is 1. The maximum Gasteiger partial charge on any atom is 0.353 e. The number of rotatable bonds is 4. The topological polar surface area (TPSA) is 112 Å². The molecular weight excluding hydrogens is 364 g/mol. The molecule has 11 heteroatoms. The van der Waals surface area contributed by atoms with Gasteiger partial charge in [0.2, 0.25) is 5.91 Å². The normalized spacial score (nSPS) is 23.4. The molecule has 2 amide bonds. The summed E-state index contributed by atoms with van der Waals surface area (Å²) in [6.07, 6.45) is -0.0200. The van der Waals surface area contributed by atoms with E-state index in [9.17, 15) is 14.4 Å². The SMILES string of the molecule is Cc1nc(CC(=O)N[C@@H]2C(=O)N3C(C(=O)O)=C(Cl)CS[C@H]23)ns1. The van der Waals surface area contributed by atoms with Gasteiger partial charge in [0.05, 0.1) is 11.5 Å². The van der Waals surface area contributed by atoms with Gasteiger partial charge in [0, 0.05) is 5.75 Å². The third-order valence-electron chi connectivity index (χ3n) is 3.33. The fourth-order valence-corrected chi connectivity index (χ4v) is 4.40. The Morgan fingerprint density at radius 2 is 2.26 bits per heavy atom. The Bertz CT molecular complexity index is 734. The van der Waals surface area contributed by atoms with E-state index in [-0.39, 0.29) is 28.8 Å². The summed E-state index contributed by atoms with van der Waals surface area (Å²) >= 11 is 8.40. The van der Waals surface area contributed by atoms with Crippen LogP contribution in [0, 0.1) is 6.92 Å². The summed E-state index contributed by atoms with van der Waals surface area (Å²) in [6, 6.07) is -0.758. The average Bonchev–Trinajstić information content (AvgIpc) is 2.89. The lowest BCUT2D eigenvalue weighted by Gasteiger charge is -2.48. The molecule has 2 aliphatic rings. The molecular formula is C12H11ClN4O4S2. The summed E-state index contributed by atoms with van der Waals surface area (Å²) < 4.78 is 4.02. The number of nitrogens with one attached hydrogen (secondary N) is 1. The minimum absolute atomic E-state index is 0.0200. The van der Waals surface area contributed by atoms with E-state index in [1.165, 1.54) is 23.3 Å². The Kier molecular flexibility index (Phi) is 4.30. The van der Waals surface area contributed by atoms with E-state index in [0.717, 1.165) is 9.91 Å². The highest BCUT2D eigenvalue weighted by Crippen LogP contribution is 2.41. The average molecular weight is 375 g/mol. The molecule has 1 saturated heterocycles. The van der Waals surface area contributed by atoms with Crippen molar-refractivity contribution in [3.63, 3.8) is 0 Å². The minimum Gasteiger partial charge on any atom is -0.477 e. The number of hydrogen-bond donors (Lipinski definition) is 2. The Morgan fingerprint density at radius 1 is 1.52 bits per heavy atom. The van der Waals surface area contributed by atoms with E-state index in [4.69, 9.17) is 16.7 Å². The number of carboxylic acids is 1. The van der Waals surface area contributed by atoms with Gasteiger partial charge in [-0.15, -0.1) is 11.8 Å². The molecule has 122 valence electrons. The lowest BCUT2D eigenvalue weighted by molar-refractivity contribution is -0.150. The fraction of sp³-hybridized carbons (Fsp3) is 0.417. The number of β-lactam (4-membered cyclic amide) rings is 1. The first kappa shape index (κ1) is 16.2. The molecule has 2 atom stereocenters. The lowest BCUT2D eigenvalue weighted by Crippen LogP contribution is -2.70. The highest BCUT2D eigenvalue weighted by molar-refractivity contribution is 8.00. The van der Waals surface area contributed by atoms with Crippen molar-refractivity contribution in [3.8, 4) is 0 Å². The Hall–Kier alpha value is -1.65. The highest BCUT2D eigenvalue weighted by Gasteiger charge is 2.54. The molecule has 0 bridgehead atoms. The summed E-state index contributed by atoms with van der Waals surface area (Å²) in [5.41, 5.74) is -0.206. The zero-order valence-electron chi connectivity index (χ0n) is 11.8. The van der Waals surface area contributed by atoms with Gasteiger partial charge in [-0.3, -0.25) is 14.5 Å². The predicted octanol–water partition coefficient (Wildman–Crippen LogP) is 0.324. The first-order valence-corrected chi connectivity index (χ1v) is 8.73. The number of thioether (sulfide) groups is 1. The third kappa shape index (κ3) is 2.93. The first-order valence-electron chi connectivity index (χ1n) is 6.53. The van der Waals surface area contributed by atoms with Crippen LogP contribution in [0.2, 0.25) is 0 Å². The predicted molar refractivity (Wildman–Crippen MR) is 83.9 cm³/mol. The van der Waals surface area contributed by atoms with Crippen LogP contribution in [0.25, 0.3) is 0 Å². The van der Waals surface area contributed by atoms with Crippen molar-refractivity contribution in [2.24, 2.45) is 0 Å². The van der Waals surface area contributed by atoms with Crippen LogP contribution in [0.15, 0.2) is 10.7 Å². The van der Waals surface area contributed by atoms with Crippen molar-refractivity contribution < 1.29 is 19.5 Å². The smallest absolute Gasteiger partial charge is 0.353 e.